The monoisotopic (exact) mass is 1920 g/mol. The number of fused-ring (bicyclic) bond motifs is 12. The fourth-order valence-corrected chi connectivity index (χ4v) is 25.0. The average molecular weight is 1920 g/mol. The van der Waals surface area contributed by atoms with Gasteiger partial charge in [0.25, 0.3) is 0 Å². The first-order chi connectivity index (χ1) is 73.3. The Balaban J connectivity index is 0.814. The molecule has 4 aliphatic carbocycles. The van der Waals surface area contributed by atoms with E-state index in [-0.39, 0.29) is 75.2 Å². The van der Waals surface area contributed by atoms with Crippen LogP contribution < -0.4 is 18.9 Å². The van der Waals surface area contributed by atoms with Crippen LogP contribution in [0.4, 0.5) is 0 Å². The molecule has 0 N–H and O–H groups in total. The fourth-order valence-electron chi connectivity index (χ4n) is 25.0. The molecule has 4 unspecified atom stereocenters. The molecule has 149 heavy (non-hydrogen) atoms. The van der Waals surface area contributed by atoms with Crippen LogP contribution in [0.1, 0.15) is 203 Å². The highest BCUT2D eigenvalue weighted by molar-refractivity contribution is 6.06. The van der Waals surface area contributed by atoms with E-state index in [4.69, 9.17) is 18.9 Å². The van der Waals surface area contributed by atoms with Crippen LogP contribution in [-0.2, 0) is 52.8 Å². The van der Waals surface area contributed by atoms with Gasteiger partial charge in [0.1, 0.15) is 49.4 Å². The quantitative estimate of drug-likeness (QED) is 0.0549. The zero-order valence-electron chi connectivity index (χ0n) is 83.0. The second-order valence-corrected chi connectivity index (χ2v) is 39.0. The molecule has 0 amide bonds. The molecule has 0 radical (unpaired) electrons. The molecule has 0 heterocycles. The molecule has 24 rings (SSSR count). The lowest BCUT2D eigenvalue weighted by atomic mass is 9.60. The summed E-state index contributed by atoms with van der Waals surface area (Å²) >= 11 is 0. The van der Waals surface area contributed by atoms with Crippen molar-refractivity contribution in [3.63, 3.8) is 0 Å². The van der Waals surface area contributed by atoms with E-state index >= 15 is 19.2 Å². The number of hydrogen-bond acceptors (Lipinski definition) is 8. The first-order valence-corrected chi connectivity index (χ1v) is 50.8. The van der Waals surface area contributed by atoms with E-state index in [9.17, 15) is 0 Å². The Hall–Kier alpha value is -18.4. The van der Waals surface area contributed by atoms with E-state index in [1.54, 1.807) is 0 Å². The lowest BCUT2D eigenvalue weighted by molar-refractivity contribution is 0.0984. The summed E-state index contributed by atoms with van der Waals surface area (Å²) in [6.45, 7) is 8.26. The Morgan fingerprint density at radius 1 is 0.201 bits per heavy atom. The van der Waals surface area contributed by atoms with Crippen LogP contribution in [-0.4, -0.2) is 49.6 Å². The number of carbonyl (C=O) groups excluding carboxylic acids is 4. The van der Waals surface area contributed by atoms with Gasteiger partial charge in [-0.05, 0) is 277 Å². The summed E-state index contributed by atoms with van der Waals surface area (Å²) in [5.74, 6) is 27.1. The fraction of sp³-hybridized carbons (Fsp3) is 0.121. The molecule has 0 fully saturated rings. The van der Waals surface area contributed by atoms with Crippen molar-refractivity contribution >= 4 is 66.2 Å². The van der Waals surface area contributed by atoms with Gasteiger partial charge in [0.2, 0.25) is 0 Å². The van der Waals surface area contributed by atoms with Gasteiger partial charge in [-0.25, -0.2) is 0 Å². The number of carbonyl (C=O) groups is 4. The molecule has 0 aromatic heterocycles. The SMILES string of the molecule is CC#CCOc1ccc2cc(C3(c4ccc(C(c5ccc(C6(c7ccc8cc(OCC#CC)ccc8c7)c7ccccc7CC(=O)c7ccccc76)cc5)(c5ccc(C6(c7ccc8cc(OCC#CC)ccc8c7)c7ccccc7CC(=O)c7ccccc76)cc5)c5ccc(C6(c7ccc8cc(OCC#CC)ccc8c7)c7ccccc7CC(=O)c7ccccc76)cc5)cc4)c4ccccc4CC(=O)c4ccccc43)ccc2c1. The molecular formula is C141H100O8. The summed E-state index contributed by atoms with van der Waals surface area (Å²) in [6, 6.07) is 156. The van der Waals surface area contributed by atoms with Crippen LogP contribution in [0.2, 0.25) is 0 Å². The van der Waals surface area contributed by atoms with Gasteiger partial charge >= 0.3 is 0 Å². The predicted octanol–water partition coefficient (Wildman–Crippen LogP) is 28.8. The minimum atomic E-state index is -1.36. The third kappa shape index (κ3) is 15.4. The summed E-state index contributed by atoms with van der Waals surface area (Å²) in [4.78, 5) is 62.3. The highest BCUT2D eigenvalue weighted by Gasteiger charge is 2.52. The molecule has 4 aliphatic rings. The second-order valence-electron chi connectivity index (χ2n) is 39.0. The molecule has 20 aromatic carbocycles. The maximum atomic E-state index is 15.6. The molecule has 8 heteroatoms. The van der Waals surface area contributed by atoms with Crippen LogP contribution in [0.15, 0.2) is 437 Å². The van der Waals surface area contributed by atoms with Crippen LogP contribution in [0.25, 0.3) is 43.1 Å². The van der Waals surface area contributed by atoms with Crippen molar-refractivity contribution in [1.29, 1.82) is 0 Å². The summed E-state index contributed by atoms with van der Waals surface area (Å²) < 4.78 is 24.9. The van der Waals surface area contributed by atoms with Crippen LogP contribution in [0.3, 0.4) is 0 Å². The lowest BCUT2D eigenvalue weighted by Gasteiger charge is -2.42. The largest absolute Gasteiger partial charge is 0.481 e. The minimum Gasteiger partial charge on any atom is -0.481 e. The lowest BCUT2D eigenvalue weighted by Crippen LogP contribution is -2.35. The summed E-state index contributed by atoms with van der Waals surface area (Å²) in [6.07, 6.45) is 0.712. The normalized spacial score (nSPS) is 17.0. The van der Waals surface area contributed by atoms with Crippen LogP contribution in [0.5, 0.6) is 23.0 Å². The Labute approximate surface area is 868 Å². The third-order valence-electron chi connectivity index (χ3n) is 31.5. The topological polar surface area (TPSA) is 105 Å². The Morgan fingerprint density at radius 2 is 0.383 bits per heavy atom. The number of ether oxygens (including phenoxy) is 4. The van der Waals surface area contributed by atoms with E-state index in [2.05, 4.69) is 387 Å². The second kappa shape index (κ2) is 38.6. The van der Waals surface area contributed by atoms with E-state index in [0.717, 1.165) is 177 Å². The van der Waals surface area contributed by atoms with Gasteiger partial charge in [0, 0.05) is 47.9 Å². The Bertz CT molecular complexity index is 8090. The van der Waals surface area contributed by atoms with Crippen molar-refractivity contribution in [3.8, 4) is 70.4 Å². The van der Waals surface area contributed by atoms with Crippen LogP contribution >= 0.6 is 0 Å². The van der Waals surface area contributed by atoms with E-state index in [1.807, 2.05) is 125 Å². The zero-order chi connectivity index (χ0) is 101. The van der Waals surface area contributed by atoms with E-state index in [0.29, 0.717) is 45.3 Å². The number of benzene rings is 20. The molecular weight excluding hydrogens is 1820 g/mol. The molecule has 0 aliphatic heterocycles. The molecule has 712 valence electrons. The summed E-state index contributed by atoms with van der Waals surface area (Å²) in [7, 11) is 0. The van der Waals surface area contributed by atoms with Gasteiger partial charge in [-0.3, -0.25) is 19.2 Å². The number of Topliss-reactive ketones (excluding diaryl/α,β-unsaturated/α-hetero) is 4. The average Bonchev–Trinajstić information content (AvgIpc) is 1.63. The third-order valence-corrected chi connectivity index (χ3v) is 31.5. The van der Waals surface area contributed by atoms with Gasteiger partial charge in [-0.2, -0.15) is 0 Å². The number of hydrogen-bond donors (Lipinski definition) is 0. The molecule has 0 saturated carbocycles. The molecule has 4 atom stereocenters. The maximum absolute atomic E-state index is 15.6. The first kappa shape index (κ1) is 92.9. The van der Waals surface area contributed by atoms with E-state index in [1.165, 1.54) is 0 Å². The van der Waals surface area contributed by atoms with Gasteiger partial charge in [-0.15, -0.1) is 23.7 Å². The van der Waals surface area contributed by atoms with Gasteiger partial charge in [0.05, 0.1) is 27.1 Å². The summed E-state index contributed by atoms with van der Waals surface area (Å²) in [5, 5.41) is 7.87. The van der Waals surface area contributed by atoms with Crippen molar-refractivity contribution in [2.45, 2.75) is 80.5 Å². The van der Waals surface area contributed by atoms with Crippen molar-refractivity contribution in [2.75, 3.05) is 26.4 Å². The van der Waals surface area contributed by atoms with Crippen molar-refractivity contribution < 1.29 is 38.1 Å². The van der Waals surface area contributed by atoms with Crippen molar-refractivity contribution in [2.24, 2.45) is 0 Å². The van der Waals surface area contributed by atoms with Gasteiger partial charge in [-0.1, -0.05) is 388 Å². The van der Waals surface area contributed by atoms with E-state index < -0.39 is 27.1 Å². The molecule has 0 saturated heterocycles. The van der Waals surface area contributed by atoms with Crippen molar-refractivity contribution in [3.05, 3.63) is 593 Å². The molecule has 8 nitrogen and oxygen atoms in total. The maximum Gasteiger partial charge on any atom is 0.167 e. The van der Waals surface area contributed by atoms with Gasteiger partial charge in [0.15, 0.2) is 23.1 Å². The van der Waals surface area contributed by atoms with Gasteiger partial charge < -0.3 is 18.9 Å². The van der Waals surface area contributed by atoms with Crippen molar-refractivity contribution in [1.82, 2.24) is 0 Å². The first-order valence-electron chi connectivity index (χ1n) is 50.8. The zero-order valence-corrected chi connectivity index (χ0v) is 83.0. The Morgan fingerprint density at radius 3 is 0.597 bits per heavy atom. The highest BCUT2D eigenvalue weighted by atomic mass is 16.5. The van der Waals surface area contributed by atoms with Crippen LogP contribution in [0, 0.1) is 47.4 Å². The minimum absolute atomic E-state index is 0.0203. The highest BCUT2D eigenvalue weighted by Crippen LogP contribution is 2.59. The number of ketones is 4. The predicted molar refractivity (Wildman–Crippen MR) is 596 cm³/mol. The molecule has 20 aromatic rings. The standard InChI is InChI=1S/C141H100O8/c1-5-9-77-146-117-73-49-93-81-113(53-45-97(93)85-117)138(125-37-21-13-29-101(125)89-133(142)121-33-17-25-41-129(121)138)109-65-57-105(58-66-109)137(106-59-67-110(68-60-106)139(114-54-46-98-86-118(147-78-10-6-2)74-50-94(98)82-114)126-38-22-14-30-102(126)90-134(143)122-34-18-26-42-130(122)139,107-61-69-111(70-62-107)140(115-55-47-99-87-119(148-79-11-7-3)75-51-95(99)83-115)127-39-23-15-31-103(127)91-135(144)123-35-19-27-43-131(123)140)108-63-71-112(72-64-108)141(116-56-48-100-88-120(149-80-12-8-4)76-52-96(100)84-116)128-40-24-16-32-104(128)92-136(145)124-36-20-28-44-132(124)141/h13-76,81-88H,77-80,89-92H2,1-4H3. The molecule has 0 bridgehead atoms. The summed E-state index contributed by atoms with van der Waals surface area (Å²) in [5.41, 5.74) is 18.8. The number of rotatable bonds is 20. The molecule has 0 spiro atoms. The Kier molecular flexibility index (Phi) is 24.1. The smallest absolute Gasteiger partial charge is 0.167 e.